The number of hydrogen-bond donors (Lipinski definition) is 1. The smallest absolute Gasteiger partial charge is 0.277 e. The summed E-state index contributed by atoms with van der Waals surface area (Å²) in [5, 5.41) is 12.3. The third kappa shape index (κ3) is 3.25. The molecule has 132 valence electrons. The number of carbonyl (C=O) groups excluding carboxylic acids is 1. The van der Waals surface area contributed by atoms with E-state index in [9.17, 15) is 4.79 Å². The molecule has 1 amide bonds. The highest BCUT2D eigenvalue weighted by molar-refractivity contribution is 6.07. The third-order valence-corrected chi connectivity index (χ3v) is 4.69. The van der Waals surface area contributed by atoms with Gasteiger partial charge < -0.3 is 10.2 Å². The number of hydrogen-bond acceptors (Lipinski definition) is 4. The van der Waals surface area contributed by atoms with E-state index in [0.717, 1.165) is 23.5 Å². The minimum atomic E-state index is -0.109. The molecule has 2 heterocycles. The van der Waals surface area contributed by atoms with E-state index >= 15 is 0 Å². The molecular weight excluding hydrogens is 336 g/mol. The summed E-state index contributed by atoms with van der Waals surface area (Å²) in [6.07, 6.45) is 2.47. The molecule has 1 atom stereocenters. The summed E-state index contributed by atoms with van der Waals surface area (Å²) in [6.45, 7) is 2.05. The van der Waals surface area contributed by atoms with Crippen molar-refractivity contribution in [3.8, 4) is 6.07 Å². The number of carbonyl (C=O) groups is 1. The lowest BCUT2D eigenvalue weighted by Crippen LogP contribution is -2.36. The standard InChI is InChI=1S/C22H18N4O/c1-15-11-17-6-2-3-8-21(17)26(15)22(27)20-13-19(9-10-24-20)25-18-7-4-5-16(12-18)14-23/h2-10,12-13,15H,11H2,1H3,(H,24,25). The lowest BCUT2D eigenvalue weighted by Gasteiger charge is -2.22. The zero-order chi connectivity index (χ0) is 18.8. The normalized spacial score (nSPS) is 15.1. The van der Waals surface area contributed by atoms with Crippen LogP contribution in [0.15, 0.2) is 66.9 Å². The summed E-state index contributed by atoms with van der Waals surface area (Å²) in [6, 6.07) is 21.0. The Morgan fingerprint density at radius 1 is 1.15 bits per heavy atom. The van der Waals surface area contributed by atoms with Gasteiger partial charge in [-0.3, -0.25) is 9.78 Å². The first kappa shape index (κ1) is 16.8. The molecule has 1 aromatic heterocycles. The van der Waals surface area contributed by atoms with Crippen molar-refractivity contribution in [3.05, 3.63) is 83.7 Å². The van der Waals surface area contributed by atoms with Crippen molar-refractivity contribution in [2.45, 2.75) is 19.4 Å². The van der Waals surface area contributed by atoms with Crippen molar-refractivity contribution in [1.82, 2.24) is 4.98 Å². The van der Waals surface area contributed by atoms with Gasteiger partial charge in [-0.25, -0.2) is 0 Å². The molecule has 27 heavy (non-hydrogen) atoms. The fourth-order valence-corrected chi connectivity index (χ4v) is 3.46. The van der Waals surface area contributed by atoms with Crippen LogP contribution in [0.5, 0.6) is 0 Å². The number of para-hydroxylation sites is 1. The summed E-state index contributed by atoms with van der Waals surface area (Å²) in [5.41, 5.74) is 4.65. The lowest BCUT2D eigenvalue weighted by atomic mass is 10.1. The fourth-order valence-electron chi connectivity index (χ4n) is 3.46. The van der Waals surface area contributed by atoms with Gasteiger partial charge in [0.1, 0.15) is 5.69 Å². The highest BCUT2D eigenvalue weighted by Crippen LogP contribution is 2.33. The van der Waals surface area contributed by atoms with Gasteiger partial charge >= 0.3 is 0 Å². The van der Waals surface area contributed by atoms with Crippen LogP contribution in [0.25, 0.3) is 0 Å². The highest BCUT2D eigenvalue weighted by Gasteiger charge is 2.31. The first-order valence-electron chi connectivity index (χ1n) is 8.80. The molecule has 0 spiro atoms. The Kier molecular flexibility index (Phi) is 4.31. The number of nitrogens with one attached hydrogen (secondary N) is 1. The SMILES string of the molecule is CC1Cc2ccccc2N1C(=O)c1cc(Nc2cccc(C#N)c2)ccn1. The second-order valence-corrected chi connectivity index (χ2v) is 6.60. The van der Waals surface area contributed by atoms with Gasteiger partial charge in [0.05, 0.1) is 11.6 Å². The van der Waals surface area contributed by atoms with Crippen LogP contribution in [-0.2, 0) is 6.42 Å². The molecule has 1 aliphatic rings. The van der Waals surface area contributed by atoms with Gasteiger partial charge in [0.15, 0.2) is 0 Å². The number of fused-ring (bicyclic) bond motifs is 1. The summed E-state index contributed by atoms with van der Waals surface area (Å²) in [4.78, 5) is 19.2. The first-order chi connectivity index (χ1) is 13.2. The second kappa shape index (κ2) is 6.93. The van der Waals surface area contributed by atoms with Crippen LogP contribution in [0.2, 0.25) is 0 Å². The van der Waals surface area contributed by atoms with Crippen molar-refractivity contribution in [2.24, 2.45) is 0 Å². The van der Waals surface area contributed by atoms with Gasteiger partial charge in [-0.1, -0.05) is 24.3 Å². The van der Waals surface area contributed by atoms with Gasteiger partial charge in [-0.2, -0.15) is 5.26 Å². The van der Waals surface area contributed by atoms with E-state index in [1.54, 1.807) is 30.5 Å². The molecule has 4 rings (SSSR count). The molecule has 1 unspecified atom stereocenters. The van der Waals surface area contributed by atoms with Crippen LogP contribution >= 0.6 is 0 Å². The minimum absolute atomic E-state index is 0.0978. The van der Waals surface area contributed by atoms with Gasteiger partial charge in [-0.05, 0) is 55.3 Å². The molecule has 3 aromatic rings. The fraction of sp³-hybridized carbons (Fsp3) is 0.136. The predicted molar refractivity (Wildman–Crippen MR) is 105 cm³/mol. The minimum Gasteiger partial charge on any atom is -0.355 e. The monoisotopic (exact) mass is 354 g/mol. The van der Waals surface area contributed by atoms with Gasteiger partial charge in [-0.15, -0.1) is 0 Å². The molecule has 2 aromatic carbocycles. The van der Waals surface area contributed by atoms with Crippen molar-refractivity contribution in [1.29, 1.82) is 5.26 Å². The van der Waals surface area contributed by atoms with Crippen molar-refractivity contribution < 1.29 is 4.79 Å². The zero-order valence-corrected chi connectivity index (χ0v) is 14.9. The Morgan fingerprint density at radius 2 is 1.96 bits per heavy atom. The summed E-state index contributed by atoms with van der Waals surface area (Å²) < 4.78 is 0. The lowest BCUT2D eigenvalue weighted by molar-refractivity contribution is 0.0976. The number of nitriles is 1. The van der Waals surface area contributed by atoms with Crippen LogP contribution in [0.3, 0.4) is 0 Å². The van der Waals surface area contributed by atoms with Crippen LogP contribution in [-0.4, -0.2) is 16.9 Å². The number of anilines is 3. The predicted octanol–water partition coefficient (Wildman–Crippen LogP) is 4.29. The molecule has 0 saturated carbocycles. The molecule has 0 radical (unpaired) electrons. The highest BCUT2D eigenvalue weighted by atomic mass is 16.2. The summed E-state index contributed by atoms with van der Waals surface area (Å²) in [5.74, 6) is -0.109. The van der Waals surface area contributed by atoms with Crippen molar-refractivity contribution >= 4 is 23.0 Å². The van der Waals surface area contributed by atoms with Gasteiger partial charge in [0.25, 0.3) is 5.91 Å². The van der Waals surface area contributed by atoms with E-state index in [-0.39, 0.29) is 11.9 Å². The largest absolute Gasteiger partial charge is 0.355 e. The molecule has 0 bridgehead atoms. The number of rotatable bonds is 3. The number of aromatic nitrogens is 1. The Bertz CT molecular complexity index is 1050. The molecule has 0 aliphatic carbocycles. The topological polar surface area (TPSA) is 69.0 Å². The molecule has 0 fully saturated rings. The number of nitrogens with zero attached hydrogens (tertiary/aromatic N) is 3. The van der Waals surface area contributed by atoms with Crippen molar-refractivity contribution in [3.63, 3.8) is 0 Å². The summed E-state index contributed by atoms with van der Waals surface area (Å²) in [7, 11) is 0. The first-order valence-corrected chi connectivity index (χ1v) is 8.80. The van der Waals surface area contributed by atoms with Crippen LogP contribution in [0, 0.1) is 11.3 Å². The van der Waals surface area contributed by atoms with Crippen LogP contribution < -0.4 is 10.2 Å². The molecule has 1 aliphatic heterocycles. The Hall–Kier alpha value is -3.65. The maximum atomic E-state index is 13.1. The van der Waals surface area contributed by atoms with E-state index < -0.39 is 0 Å². The molecule has 0 saturated heterocycles. The number of pyridine rings is 1. The van der Waals surface area contributed by atoms with Crippen molar-refractivity contribution in [2.75, 3.05) is 10.2 Å². The van der Waals surface area contributed by atoms with Gasteiger partial charge in [0.2, 0.25) is 0 Å². The summed E-state index contributed by atoms with van der Waals surface area (Å²) >= 11 is 0. The third-order valence-electron chi connectivity index (χ3n) is 4.69. The molecular formula is C22H18N4O. The van der Waals surface area contributed by atoms with Gasteiger partial charge in [0, 0.05) is 29.3 Å². The Labute approximate surface area is 157 Å². The van der Waals surface area contributed by atoms with E-state index in [1.807, 2.05) is 42.2 Å². The number of benzene rings is 2. The van der Waals surface area contributed by atoms with E-state index in [4.69, 9.17) is 5.26 Å². The van der Waals surface area contributed by atoms with Crippen LogP contribution in [0.1, 0.15) is 28.5 Å². The average molecular weight is 354 g/mol. The van der Waals surface area contributed by atoms with E-state index in [1.165, 1.54) is 5.56 Å². The van der Waals surface area contributed by atoms with E-state index in [0.29, 0.717) is 11.3 Å². The average Bonchev–Trinajstić information content (AvgIpc) is 3.03. The maximum Gasteiger partial charge on any atom is 0.277 e. The quantitative estimate of drug-likeness (QED) is 0.762. The Balaban J connectivity index is 1.61. The Morgan fingerprint density at radius 3 is 2.81 bits per heavy atom. The van der Waals surface area contributed by atoms with E-state index in [2.05, 4.69) is 22.4 Å². The zero-order valence-electron chi connectivity index (χ0n) is 14.9. The second-order valence-electron chi connectivity index (χ2n) is 6.60. The molecule has 1 N–H and O–H groups in total. The van der Waals surface area contributed by atoms with Crippen LogP contribution in [0.4, 0.5) is 17.1 Å². The molecule has 5 heteroatoms. The maximum absolute atomic E-state index is 13.1. The molecule has 5 nitrogen and oxygen atoms in total. The number of amides is 1.